The van der Waals surface area contributed by atoms with E-state index in [9.17, 15) is 22.6 Å². The molecule has 0 aliphatic carbocycles. The zero-order chi connectivity index (χ0) is 17.5. The third kappa shape index (κ3) is 3.89. The largest absolute Gasteiger partial charge is 1.00 e. The van der Waals surface area contributed by atoms with E-state index in [2.05, 4.69) is 0 Å². The number of carbonyl (C=O) groups excluding carboxylic acids is 2. The molecule has 0 fully saturated rings. The maximum Gasteiger partial charge on any atom is 1.00 e. The molecule has 25 heavy (non-hydrogen) atoms. The van der Waals surface area contributed by atoms with Crippen LogP contribution in [0.3, 0.4) is 0 Å². The van der Waals surface area contributed by atoms with Crippen LogP contribution in [0.25, 0.3) is 0 Å². The minimum atomic E-state index is -5.14. The van der Waals surface area contributed by atoms with Crippen molar-refractivity contribution in [3.05, 3.63) is 53.6 Å². The number of anilines is 3. The SMILES string of the molecule is O=C1CC(=O)N(S(=O)(=O)[O-])c2ccc(Cl)cc2N1c1ccccc1.[Na+]. The Balaban J connectivity index is 0.00000225. The second-order valence-electron chi connectivity index (χ2n) is 4.99. The van der Waals surface area contributed by atoms with Crippen molar-refractivity contribution in [1.29, 1.82) is 0 Å². The Morgan fingerprint density at radius 3 is 2.20 bits per heavy atom. The van der Waals surface area contributed by atoms with Crippen molar-refractivity contribution in [3.8, 4) is 0 Å². The van der Waals surface area contributed by atoms with E-state index in [1.807, 2.05) is 0 Å². The van der Waals surface area contributed by atoms with Crippen LogP contribution in [-0.4, -0.2) is 24.8 Å². The number of para-hydroxylation sites is 1. The standard InChI is InChI=1S/C15H11ClN2O5S.Na/c16-10-6-7-12-13(8-10)17(11-4-2-1-3-5-11)14(19)9-15(20)18(12)24(21,22)23;/h1-8H,9H2,(H,21,22,23);/q;+1/p-1. The second kappa shape index (κ2) is 7.45. The monoisotopic (exact) mass is 388 g/mol. The molecule has 0 saturated heterocycles. The van der Waals surface area contributed by atoms with Crippen LogP contribution < -0.4 is 38.8 Å². The smallest absolute Gasteiger partial charge is 0.730 e. The third-order valence-electron chi connectivity index (χ3n) is 3.41. The van der Waals surface area contributed by atoms with Gasteiger partial charge in [0.15, 0.2) is 10.3 Å². The van der Waals surface area contributed by atoms with Crippen molar-refractivity contribution in [3.63, 3.8) is 0 Å². The summed E-state index contributed by atoms with van der Waals surface area (Å²) in [6.45, 7) is 0. The van der Waals surface area contributed by atoms with E-state index >= 15 is 0 Å². The number of hydrogen-bond acceptors (Lipinski definition) is 5. The summed E-state index contributed by atoms with van der Waals surface area (Å²) >= 11 is 5.96. The summed E-state index contributed by atoms with van der Waals surface area (Å²) in [5, 5.41) is 0.222. The molecule has 0 bridgehead atoms. The maximum atomic E-state index is 12.5. The van der Waals surface area contributed by atoms with E-state index in [1.165, 1.54) is 23.1 Å². The summed E-state index contributed by atoms with van der Waals surface area (Å²) in [4.78, 5) is 25.8. The number of rotatable bonds is 2. The molecule has 0 atom stereocenters. The Hall–Kier alpha value is -1.42. The molecule has 1 aliphatic heterocycles. The van der Waals surface area contributed by atoms with Gasteiger partial charge in [0.1, 0.15) is 6.42 Å². The summed E-state index contributed by atoms with van der Waals surface area (Å²) < 4.78 is 34.7. The molecule has 0 spiro atoms. The van der Waals surface area contributed by atoms with Crippen molar-refractivity contribution in [2.24, 2.45) is 0 Å². The van der Waals surface area contributed by atoms with Crippen LogP contribution in [0.5, 0.6) is 0 Å². The number of nitrogens with zero attached hydrogens (tertiary/aromatic N) is 2. The fourth-order valence-corrected chi connectivity index (χ4v) is 3.38. The van der Waals surface area contributed by atoms with Gasteiger partial charge in [-0.25, -0.2) is 12.7 Å². The van der Waals surface area contributed by atoms with E-state index in [0.29, 0.717) is 5.69 Å². The van der Waals surface area contributed by atoms with Crippen molar-refractivity contribution >= 4 is 50.8 Å². The van der Waals surface area contributed by atoms with Gasteiger partial charge in [-0.3, -0.25) is 14.5 Å². The zero-order valence-corrected chi connectivity index (χ0v) is 16.6. The number of halogens is 1. The predicted octanol–water partition coefficient (Wildman–Crippen LogP) is -0.794. The first-order valence-electron chi connectivity index (χ1n) is 6.75. The molecule has 7 nitrogen and oxygen atoms in total. The van der Waals surface area contributed by atoms with Gasteiger partial charge < -0.3 is 4.55 Å². The van der Waals surface area contributed by atoms with E-state index in [1.54, 1.807) is 30.3 Å². The van der Waals surface area contributed by atoms with Crippen LogP contribution in [0.15, 0.2) is 48.5 Å². The van der Waals surface area contributed by atoms with Gasteiger partial charge in [0, 0.05) is 10.7 Å². The molecular formula is C15H10ClN2NaO5S. The van der Waals surface area contributed by atoms with Crippen molar-refractivity contribution < 1.29 is 52.1 Å². The average Bonchev–Trinajstić information content (AvgIpc) is 2.60. The predicted molar refractivity (Wildman–Crippen MR) is 86.8 cm³/mol. The molecule has 0 N–H and O–H groups in total. The van der Waals surface area contributed by atoms with Crippen LogP contribution in [-0.2, 0) is 19.9 Å². The molecule has 124 valence electrons. The maximum absolute atomic E-state index is 12.5. The molecule has 2 aromatic carbocycles. The molecule has 1 heterocycles. The van der Waals surface area contributed by atoms with Crippen molar-refractivity contribution in [2.45, 2.75) is 6.42 Å². The first-order valence-corrected chi connectivity index (χ1v) is 8.50. The van der Waals surface area contributed by atoms with Gasteiger partial charge in [0.05, 0.1) is 11.4 Å². The van der Waals surface area contributed by atoms with Crippen LogP contribution in [0.4, 0.5) is 17.1 Å². The summed E-state index contributed by atoms with van der Waals surface area (Å²) in [6, 6.07) is 12.2. The average molecular weight is 389 g/mol. The number of hydrogen-bond donors (Lipinski definition) is 0. The van der Waals surface area contributed by atoms with Gasteiger partial charge in [-0.2, -0.15) is 0 Å². The molecule has 2 amide bonds. The number of fused-ring (bicyclic) bond motifs is 1. The topological polar surface area (TPSA) is 97.8 Å². The molecule has 0 radical (unpaired) electrons. The summed E-state index contributed by atoms with van der Waals surface area (Å²) in [7, 11) is -5.14. The van der Waals surface area contributed by atoms with Crippen LogP contribution >= 0.6 is 11.6 Å². The fourth-order valence-electron chi connectivity index (χ4n) is 2.50. The molecule has 0 unspecified atom stereocenters. The first-order chi connectivity index (χ1) is 11.3. The van der Waals surface area contributed by atoms with E-state index in [0.717, 1.165) is 0 Å². The zero-order valence-electron chi connectivity index (χ0n) is 13.0. The van der Waals surface area contributed by atoms with E-state index in [4.69, 9.17) is 11.6 Å². The van der Waals surface area contributed by atoms with Gasteiger partial charge in [0.2, 0.25) is 11.8 Å². The summed E-state index contributed by atoms with van der Waals surface area (Å²) in [6.07, 6.45) is -0.761. The number of amides is 2. The minimum absolute atomic E-state index is 0. The Bertz CT molecular complexity index is 936. The van der Waals surface area contributed by atoms with Crippen LogP contribution in [0, 0.1) is 0 Å². The molecule has 10 heteroatoms. The molecule has 1 aliphatic rings. The fraction of sp³-hybridized carbons (Fsp3) is 0.0667. The van der Waals surface area contributed by atoms with E-state index < -0.39 is 28.5 Å². The summed E-state index contributed by atoms with van der Waals surface area (Å²) in [5.41, 5.74) is 0.252. The molecule has 3 rings (SSSR count). The first kappa shape index (κ1) is 19.9. The number of benzene rings is 2. The summed E-state index contributed by atoms with van der Waals surface area (Å²) in [5.74, 6) is -1.78. The van der Waals surface area contributed by atoms with E-state index in [-0.39, 0.29) is 50.3 Å². The number of carbonyl (C=O) groups is 2. The minimum Gasteiger partial charge on any atom is -0.730 e. The molecule has 0 saturated carbocycles. The van der Waals surface area contributed by atoms with Crippen LogP contribution in [0.2, 0.25) is 5.02 Å². The van der Waals surface area contributed by atoms with Crippen molar-refractivity contribution in [1.82, 2.24) is 0 Å². The third-order valence-corrected chi connectivity index (χ3v) is 4.50. The Kier molecular flexibility index (Phi) is 5.93. The quantitative estimate of drug-likeness (QED) is 0.381. The Labute approximate surface area is 171 Å². The van der Waals surface area contributed by atoms with Gasteiger partial charge in [-0.1, -0.05) is 29.8 Å². The second-order valence-corrected chi connectivity index (χ2v) is 6.65. The molecule has 2 aromatic rings. The Morgan fingerprint density at radius 2 is 1.60 bits per heavy atom. The molecule has 0 aromatic heterocycles. The normalized spacial score (nSPS) is 14.6. The van der Waals surface area contributed by atoms with Gasteiger partial charge >= 0.3 is 29.6 Å². The van der Waals surface area contributed by atoms with Crippen molar-refractivity contribution in [2.75, 3.05) is 9.21 Å². The van der Waals surface area contributed by atoms with Crippen LogP contribution in [0.1, 0.15) is 6.42 Å². The Morgan fingerprint density at radius 1 is 0.960 bits per heavy atom. The molecular weight excluding hydrogens is 379 g/mol. The van der Waals surface area contributed by atoms with Gasteiger partial charge in [0.25, 0.3) is 0 Å². The van der Waals surface area contributed by atoms with Gasteiger partial charge in [-0.05, 0) is 30.3 Å². The van der Waals surface area contributed by atoms with Gasteiger partial charge in [-0.15, -0.1) is 0 Å².